The van der Waals surface area contributed by atoms with Crippen LogP contribution in [0, 0.1) is 0 Å². The maximum Gasteiger partial charge on any atom is 0.224 e. The first-order valence-corrected chi connectivity index (χ1v) is 9.71. The molecule has 0 fully saturated rings. The summed E-state index contributed by atoms with van der Waals surface area (Å²) in [5, 5.41) is 3.47. The van der Waals surface area contributed by atoms with Crippen LogP contribution in [0.1, 0.15) is 98.3 Å². The zero-order chi connectivity index (χ0) is 16.5. The van der Waals surface area contributed by atoms with E-state index in [9.17, 15) is 0 Å². The molecule has 3 heteroatoms. The summed E-state index contributed by atoms with van der Waals surface area (Å²) in [5.74, 6) is -0.605. The number of unbranched alkanes of at least 4 members (excludes halogenated alkanes) is 8. The molecule has 0 unspecified atom stereocenters. The predicted octanol–water partition coefficient (Wildman–Crippen LogP) is 5.63. The summed E-state index contributed by atoms with van der Waals surface area (Å²) in [4.78, 5) is 0. The van der Waals surface area contributed by atoms with Crippen LogP contribution in [0.5, 0.6) is 0 Å². The number of hydrogen-bond donors (Lipinski definition) is 1. The van der Waals surface area contributed by atoms with Crippen molar-refractivity contribution in [3.8, 4) is 0 Å². The Labute approximate surface area is 139 Å². The quantitative estimate of drug-likeness (QED) is 0.278. The van der Waals surface area contributed by atoms with Crippen LogP contribution in [0.4, 0.5) is 0 Å². The molecule has 0 aliphatic heterocycles. The van der Waals surface area contributed by atoms with Crippen LogP contribution in [-0.2, 0) is 9.47 Å². The summed E-state index contributed by atoms with van der Waals surface area (Å²) in [7, 11) is 0. The third-order valence-electron chi connectivity index (χ3n) is 3.98. The molecular formula is C19H41NO2. The summed E-state index contributed by atoms with van der Waals surface area (Å²) >= 11 is 0. The Morgan fingerprint density at radius 3 is 1.55 bits per heavy atom. The number of hydrogen-bond acceptors (Lipinski definition) is 3. The Morgan fingerprint density at radius 1 is 0.636 bits per heavy atom. The van der Waals surface area contributed by atoms with Crippen molar-refractivity contribution in [2.75, 3.05) is 19.8 Å². The van der Waals surface area contributed by atoms with Gasteiger partial charge in [-0.3, -0.25) is 5.32 Å². The molecule has 0 aliphatic carbocycles. The van der Waals surface area contributed by atoms with Crippen molar-refractivity contribution in [2.24, 2.45) is 0 Å². The highest BCUT2D eigenvalue weighted by Gasteiger charge is 2.24. The number of ether oxygens (including phenoxy) is 2. The fourth-order valence-electron chi connectivity index (χ4n) is 2.43. The average Bonchev–Trinajstić information content (AvgIpc) is 2.51. The standard InChI is InChI=1S/C19H41NO2/c1-5-8-11-14-17-21-19(4,20-16-13-10-7-3)22-18-15-12-9-6-2/h20H,5-18H2,1-4H3. The molecule has 0 radical (unpaired) electrons. The average molecular weight is 316 g/mol. The lowest BCUT2D eigenvalue weighted by Crippen LogP contribution is -2.48. The Bertz CT molecular complexity index is 207. The van der Waals surface area contributed by atoms with E-state index in [4.69, 9.17) is 9.47 Å². The maximum absolute atomic E-state index is 6.03. The first kappa shape index (κ1) is 21.9. The van der Waals surface area contributed by atoms with Crippen LogP contribution < -0.4 is 5.32 Å². The molecule has 0 saturated carbocycles. The van der Waals surface area contributed by atoms with Gasteiger partial charge in [-0.05, 0) is 19.3 Å². The van der Waals surface area contributed by atoms with Crippen molar-refractivity contribution < 1.29 is 9.47 Å². The van der Waals surface area contributed by atoms with Crippen LogP contribution in [0.3, 0.4) is 0 Å². The van der Waals surface area contributed by atoms with Gasteiger partial charge in [0.2, 0.25) is 5.91 Å². The Hall–Kier alpha value is -0.120. The van der Waals surface area contributed by atoms with Gasteiger partial charge in [0.25, 0.3) is 0 Å². The third-order valence-corrected chi connectivity index (χ3v) is 3.98. The minimum absolute atomic E-state index is 0.605. The highest BCUT2D eigenvalue weighted by Crippen LogP contribution is 2.13. The molecule has 0 heterocycles. The van der Waals surface area contributed by atoms with Crippen molar-refractivity contribution in [3.05, 3.63) is 0 Å². The molecule has 0 bridgehead atoms. The van der Waals surface area contributed by atoms with E-state index in [2.05, 4.69) is 26.1 Å². The van der Waals surface area contributed by atoms with Gasteiger partial charge in [-0.2, -0.15) is 0 Å². The van der Waals surface area contributed by atoms with Crippen molar-refractivity contribution in [1.82, 2.24) is 5.32 Å². The van der Waals surface area contributed by atoms with Gasteiger partial charge in [0.15, 0.2) is 0 Å². The number of nitrogens with one attached hydrogen (secondary N) is 1. The van der Waals surface area contributed by atoms with Crippen LogP contribution in [0.25, 0.3) is 0 Å². The maximum atomic E-state index is 6.03. The second kappa shape index (κ2) is 15.8. The van der Waals surface area contributed by atoms with E-state index < -0.39 is 5.91 Å². The van der Waals surface area contributed by atoms with Gasteiger partial charge in [0, 0.05) is 13.5 Å². The van der Waals surface area contributed by atoms with Gasteiger partial charge >= 0.3 is 0 Å². The van der Waals surface area contributed by atoms with Crippen molar-refractivity contribution in [1.29, 1.82) is 0 Å². The normalized spacial score (nSPS) is 12.0. The molecule has 1 N–H and O–H groups in total. The van der Waals surface area contributed by atoms with E-state index in [-0.39, 0.29) is 0 Å². The smallest absolute Gasteiger partial charge is 0.224 e. The van der Waals surface area contributed by atoms with E-state index in [1.54, 1.807) is 0 Å². The van der Waals surface area contributed by atoms with E-state index in [1.807, 2.05) is 6.92 Å². The summed E-state index contributed by atoms with van der Waals surface area (Å²) < 4.78 is 12.1. The van der Waals surface area contributed by atoms with Gasteiger partial charge in [-0.25, -0.2) is 0 Å². The molecule has 0 aromatic carbocycles. The van der Waals surface area contributed by atoms with Gasteiger partial charge in [0.05, 0.1) is 13.2 Å². The van der Waals surface area contributed by atoms with Crippen molar-refractivity contribution >= 4 is 0 Å². The first-order chi connectivity index (χ1) is 10.7. The second-order valence-corrected chi connectivity index (χ2v) is 6.40. The van der Waals surface area contributed by atoms with Crippen LogP contribution in [-0.4, -0.2) is 25.7 Å². The molecule has 3 nitrogen and oxygen atoms in total. The molecule has 0 aromatic rings. The van der Waals surface area contributed by atoms with Crippen LogP contribution in [0.15, 0.2) is 0 Å². The molecule has 0 rings (SSSR count). The van der Waals surface area contributed by atoms with E-state index in [0.717, 1.165) is 32.6 Å². The molecule has 0 saturated heterocycles. The zero-order valence-corrected chi connectivity index (χ0v) is 15.7. The van der Waals surface area contributed by atoms with Crippen molar-refractivity contribution in [3.63, 3.8) is 0 Å². The molecule has 0 aromatic heterocycles. The lowest BCUT2D eigenvalue weighted by molar-refractivity contribution is -0.245. The van der Waals surface area contributed by atoms with E-state index in [0.29, 0.717) is 0 Å². The zero-order valence-electron chi connectivity index (χ0n) is 15.7. The lowest BCUT2D eigenvalue weighted by atomic mass is 10.2. The molecule has 0 aliphatic rings. The monoisotopic (exact) mass is 315 g/mol. The SMILES string of the molecule is CCCCCCOC(C)(NCCCCC)OCCCCCC. The van der Waals surface area contributed by atoms with Crippen LogP contribution in [0.2, 0.25) is 0 Å². The minimum Gasteiger partial charge on any atom is -0.338 e. The second-order valence-electron chi connectivity index (χ2n) is 6.40. The molecule has 0 spiro atoms. The summed E-state index contributed by atoms with van der Waals surface area (Å²) in [6.07, 6.45) is 13.6. The Balaban J connectivity index is 3.99. The van der Waals surface area contributed by atoms with Gasteiger partial charge < -0.3 is 9.47 Å². The van der Waals surface area contributed by atoms with Crippen LogP contribution >= 0.6 is 0 Å². The number of rotatable bonds is 17. The largest absolute Gasteiger partial charge is 0.338 e. The highest BCUT2D eigenvalue weighted by atomic mass is 16.7. The van der Waals surface area contributed by atoms with E-state index >= 15 is 0 Å². The Morgan fingerprint density at radius 2 is 1.09 bits per heavy atom. The summed E-state index contributed by atoms with van der Waals surface area (Å²) in [6, 6.07) is 0. The first-order valence-electron chi connectivity index (χ1n) is 9.71. The topological polar surface area (TPSA) is 30.5 Å². The molecule has 134 valence electrons. The molecule has 22 heavy (non-hydrogen) atoms. The highest BCUT2D eigenvalue weighted by molar-refractivity contribution is 4.61. The van der Waals surface area contributed by atoms with Gasteiger partial charge in [-0.15, -0.1) is 0 Å². The fraction of sp³-hybridized carbons (Fsp3) is 1.00. The fourth-order valence-corrected chi connectivity index (χ4v) is 2.43. The third kappa shape index (κ3) is 13.5. The minimum atomic E-state index is -0.605. The van der Waals surface area contributed by atoms with E-state index in [1.165, 1.54) is 57.8 Å². The molecule has 0 amide bonds. The molecular weight excluding hydrogens is 274 g/mol. The molecule has 0 atom stereocenters. The predicted molar refractivity (Wildman–Crippen MR) is 96.1 cm³/mol. The summed E-state index contributed by atoms with van der Waals surface area (Å²) in [6.45, 7) is 11.3. The Kier molecular flexibility index (Phi) is 15.7. The van der Waals surface area contributed by atoms with Crippen molar-refractivity contribution in [2.45, 2.75) is 104 Å². The lowest BCUT2D eigenvalue weighted by Gasteiger charge is -2.31. The summed E-state index contributed by atoms with van der Waals surface area (Å²) in [5.41, 5.74) is 0. The van der Waals surface area contributed by atoms with Gasteiger partial charge in [0.1, 0.15) is 0 Å². The van der Waals surface area contributed by atoms with Gasteiger partial charge in [-0.1, -0.05) is 72.1 Å².